The fraction of sp³-hybridized carbons (Fsp3) is 0.400. The summed E-state index contributed by atoms with van der Waals surface area (Å²) in [5, 5.41) is -0.0980. The van der Waals surface area contributed by atoms with E-state index in [0.29, 0.717) is 13.0 Å². The van der Waals surface area contributed by atoms with E-state index in [2.05, 4.69) is 17.6 Å². The zero-order valence-corrected chi connectivity index (χ0v) is 8.91. The van der Waals surface area contributed by atoms with Gasteiger partial charge in [-0.15, -0.1) is 0 Å². The molecule has 3 nitrogen and oxygen atoms in total. The summed E-state index contributed by atoms with van der Waals surface area (Å²) in [5.74, 6) is -0.201. The van der Waals surface area contributed by atoms with Crippen molar-refractivity contribution >= 4 is 18.6 Å². The molecule has 0 aliphatic rings. The third kappa shape index (κ3) is 3.38. The van der Waals surface area contributed by atoms with Crippen LogP contribution in [0.3, 0.4) is 0 Å². The van der Waals surface area contributed by atoms with Crippen molar-refractivity contribution in [2.45, 2.75) is 18.6 Å². The molecule has 1 rings (SSSR count). The number of hydrogen-bond acceptors (Lipinski definition) is 4. The molecule has 0 saturated carbocycles. The smallest absolute Gasteiger partial charge is 0.305 e. The minimum atomic E-state index is -0.201. The molecule has 1 atom stereocenters. The van der Waals surface area contributed by atoms with Crippen molar-refractivity contribution < 1.29 is 9.53 Å². The Kier molecular flexibility index (Phi) is 4.46. The molecular formula is C10H13NO2S. The molecule has 0 aliphatic heterocycles. The first-order valence-electron chi connectivity index (χ1n) is 4.47. The van der Waals surface area contributed by atoms with Gasteiger partial charge in [0.1, 0.15) is 6.61 Å². The van der Waals surface area contributed by atoms with Gasteiger partial charge in [0.05, 0.1) is 5.25 Å². The van der Waals surface area contributed by atoms with Gasteiger partial charge in [-0.1, -0.05) is 13.0 Å². The average Bonchev–Trinajstić information content (AvgIpc) is 2.26. The molecule has 1 aromatic heterocycles. The monoisotopic (exact) mass is 211 g/mol. The number of hydrogen-bond donors (Lipinski definition) is 1. The Morgan fingerprint density at radius 2 is 2.50 bits per heavy atom. The van der Waals surface area contributed by atoms with Crippen LogP contribution in [-0.2, 0) is 9.53 Å². The first-order chi connectivity index (χ1) is 6.74. The number of esters is 1. The SMILES string of the molecule is CCC(=O)OCC(S)c1cccnc1. The molecule has 0 aromatic carbocycles. The number of pyridine rings is 1. The summed E-state index contributed by atoms with van der Waals surface area (Å²) in [5.41, 5.74) is 0.958. The molecule has 0 radical (unpaired) electrons. The number of carbonyl (C=O) groups is 1. The number of carbonyl (C=O) groups excluding carboxylic acids is 1. The number of thiol groups is 1. The molecule has 0 spiro atoms. The van der Waals surface area contributed by atoms with Crippen molar-refractivity contribution in [3.05, 3.63) is 30.1 Å². The van der Waals surface area contributed by atoms with Crippen molar-refractivity contribution in [1.29, 1.82) is 0 Å². The predicted molar refractivity (Wildman–Crippen MR) is 57.2 cm³/mol. The topological polar surface area (TPSA) is 39.2 Å². The van der Waals surface area contributed by atoms with E-state index in [1.54, 1.807) is 19.3 Å². The molecule has 76 valence electrons. The molecule has 1 heterocycles. The lowest BCUT2D eigenvalue weighted by Crippen LogP contribution is -2.08. The molecule has 1 aromatic rings. The van der Waals surface area contributed by atoms with Crippen molar-refractivity contribution in [3.8, 4) is 0 Å². The zero-order chi connectivity index (χ0) is 10.4. The van der Waals surface area contributed by atoms with Crippen LogP contribution in [0.2, 0.25) is 0 Å². The average molecular weight is 211 g/mol. The summed E-state index contributed by atoms with van der Waals surface area (Å²) in [6.07, 6.45) is 3.81. The Balaban J connectivity index is 2.43. The maximum Gasteiger partial charge on any atom is 0.305 e. The van der Waals surface area contributed by atoms with Crippen LogP contribution >= 0.6 is 12.6 Å². The van der Waals surface area contributed by atoms with Crippen molar-refractivity contribution in [2.24, 2.45) is 0 Å². The molecule has 1 unspecified atom stereocenters. The maximum absolute atomic E-state index is 10.9. The van der Waals surface area contributed by atoms with E-state index in [1.807, 2.05) is 12.1 Å². The minimum Gasteiger partial charge on any atom is -0.464 e. The number of rotatable bonds is 4. The van der Waals surface area contributed by atoms with E-state index >= 15 is 0 Å². The Morgan fingerprint density at radius 3 is 3.07 bits per heavy atom. The number of nitrogens with zero attached hydrogens (tertiary/aromatic N) is 1. The van der Waals surface area contributed by atoms with Gasteiger partial charge < -0.3 is 4.74 Å². The second-order valence-electron chi connectivity index (χ2n) is 2.84. The van der Waals surface area contributed by atoms with Crippen LogP contribution in [0.25, 0.3) is 0 Å². The van der Waals surface area contributed by atoms with E-state index in [-0.39, 0.29) is 11.2 Å². The highest BCUT2D eigenvalue weighted by molar-refractivity contribution is 7.80. The van der Waals surface area contributed by atoms with Crippen LogP contribution in [0, 0.1) is 0 Å². The molecule has 14 heavy (non-hydrogen) atoms. The Morgan fingerprint density at radius 1 is 1.71 bits per heavy atom. The van der Waals surface area contributed by atoms with Crippen molar-refractivity contribution in [3.63, 3.8) is 0 Å². The van der Waals surface area contributed by atoms with Gasteiger partial charge in [-0.05, 0) is 11.6 Å². The molecule has 0 saturated heterocycles. The molecular weight excluding hydrogens is 198 g/mol. The lowest BCUT2D eigenvalue weighted by molar-refractivity contribution is -0.143. The summed E-state index contributed by atoms with van der Waals surface area (Å²) in [7, 11) is 0. The van der Waals surface area contributed by atoms with Crippen molar-refractivity contribution in [1.82, 2.24) is 4.98 Å². The van der Waals surface area contributed by atoms with E-state index in [1.165, 1.54) is 0 Å². The molecule has 0 N–H and O–H groups in total. The first kappa shape index (κ1) is 11.0. The molecule has 0 fully saturated rings. The molecule has 0 bridgehead atoms. The largest absolute Gasteiger partial charge is 0.464 e. The van der Waals surface area contributed by atoms with Gasteiger partial charge >= 0.3 is 5.97 Å². The highest BCUT2D eigenvalue weighted by Gasteiger charge is 2.08. The molecule has 4 heteroatoms. The molecule has 0 aliphatic carbocycles. The molecule has 0 amide bonds. The van der Waals surface area contributed by atoms with E-state index < -0.39 is 0 Å². The summed E-state index contributed by atoms with van der Waals surface area (Å²) in [4.78, 5) is 14.8. The quantitative estimate of drug-likeness (QED) is 0.611. The van der Waals surface area contributed by atoms with Crippen LogP contribution in [0.1, 0.15) is 24.2 Å². The van der Waals surface area contributed by atoms with Crippen LogP contribution in [0.5, 0.6) is 0 Å². The third-order valence-corrected chi connectivity index (χ3v) is 2.21. The number of aromatic nitrogens is 1. The fourth-order valence-corrected chi connectivity index (χ4v) is 1.17. The van der Waals surface area contributed by atoms with Gasteiger partial charge in [0, 0.05) is 18.8 Å². The highest BCUT2D eigenvalue weighted by atomic mass is 32.1. The van der Waals surface area contributed by atoms with Gasteiger partial charge in [0.2, 0.25) is 0 Å². The lowest BCUT2D eigenvalue weighted by atomic mass is 10.2. The second-order valence-corrected chi connectivity index (χ2v) is 3.46. The second kappa shape index (κ2) is 5.65. The summed E-state index contributed by atoms with van der Waals surface area (Å²) in [6, 6.07) is 3.74. The summed E-state index contributed by atoms with van der Waals surface area (Å²) < 4.78 is 4.96. The zero-order valence-electron chi connectivity index (χ0n) is 8.01. The Bertz CT molecular complexity index is 289. The Labute approximate surface area is 88.9 Å². The van der Waals surface area contributed by atoms with E-state index in [4.69, 9.17) is 4.74 Å². The first-order valence-corrected chi connectivity index (χ1v) is 4.99. The van der Waals surface area contributed by atoms with Gasteiger partial charge in [0.15, 0.2) is 0 Å². The highest BCUT2D eigenvalue weighted by Crippen LogP contribution is 2.18. The number of ether oxygens (including phenoxy) is 1. The minimum absolute atomic E-state index is 0.0980. The summed E-state index contributed by atoms with van der Waals surface area (Å²) in [6.45, 7) is 2.06. The normalized spacial score (nSPS) is 12.1. The lowest BCUT2D eigenvalue weighted by Gasteiger charge is -2.10. The Hall–Kier alpha value is -1.03. The van der Waals surface area contributed by atoms with Gasteiger partial charge in [-0.25, -0.2) is 0 Å². The standard InChI is InChI=1S/C10H13NO2S/c1-2-10(12)13-7-9(14)8-4-3-5-11-6-8/h3-6,9,14H,2,7H2,1H3. The van der Waals surface area contributed by atoms with E-state index in [0.717, 1.165) is 5.56 Å². The van der Waals surface area contributed by atoms with Crippen LogP contribution in [0.4, 0.5) is 0 Å². The van der Waals surface area contributed by atoms with Gasteiger partial charge in [0.25, 0.3) is 0 Å². The van der Waals surface area contributed by atoms with Gasteiger partial charge in [-0.3, -0.25) is 9.78 Å². The fourth-order valence-electron chi connectivity index (χ4n) is 0.943. The third-order valence-electron chi connectivity index (χ3n) is 1.76. The van der Waals surface area contributed by atoms with Crippen LogP contribution < -0.4 is 0 Å². The van der Waals surface area contributed by atoms with E-state index in [9.17, 15) is 4.79 Å². The predicted octanol–water partition coefficient (Wildman–Crippen LogP) is 2.01. The van der Waals surface area contributed by atoms with Crippen LogP contribution in [0.15, 0.2) is 24.5 Å². The van der Waals surface area contributed by atoms with Gasteiger partial charge in [-0.2, -0.15) is 12.6 Å². The maximum atomic E-state index is 10.9. The summed E-state index contributed by atoms with van der Waals surface area (Å²) >= 11 is 4.32. The van der Waals surface area contributed by atoms with Crippen molar-refractivity contribution in [2.75, 3.05) is 6.61 Å². The van der Waals surface area contributed by atoms with Crippen LogP contribution in [-0.4, -0.2) is 17.6 Å².